The van der Waals surface area contributed by atoms with E-state index in [0.29, 0.717) is 12.1 Å². The van der Waals surface area contributed by atoms with Crippen LogP contribution in [-0.4, -0.2) is 67.6 Å². The van der Waals surface area contributed by atoms with Gasteiger partial charge >= 0.3 is 18.0 Å². The summed E-state index contributed by atoms with van der Waals surface area (Å²) in [5, 5.41) is 21.4. The van der Waals surface area contributed by atoms with Gasteiger partial charge in [-0.3, -0.25) is 14.5 Å². The Kier molecular flexibility index (Phi) is 11.7. The predicted molar refractivity (Wildman–Crippen MR) is 115 cm³/mol. The Bertz CT molecular complexity index is 888. The van der Waals surface area contributed by atoms with E-state index >= 15 is 0 Å². The summed E-state index contributed by atoms with van der Waals surface area (Å²) in [5.41, 5.74) is 1.61. The number of aromatic hydroxyl groups is 2. The fourth-order valence-electron chi connectivity index (χ4n) is 2.46. The Morgan fingerprint density at radius 3 is 1.94 bits per heavy atom. The lowest BCUT2D eigenvalue weighted by Crippen LogP contribution is -2.35. The summed E-state index contributed by atoms with van der Waals surface area (Å²) < 4.78 is 13.5. The molecule has 32 heavy (non-hydrogen) atoms. The van der Waals surface area contributed by atoms with Gasteiger partial charge in [0.2, 0.25) is 0 Å². The second-order valence-electron chi connectivity index (χ2n) is 6.42. The molecule has 0 saturated carbocycles. The van der Waals surface area contributed by atoms with E-state index in [4.69, 9.17) is 5.11 Å². The highest BCUT2D eigenvalue weighted by Crippen LogP contribution is 2.13. The summed E-state index contributed by atoms with van der Waals surface area (Å²) in [5.74, 6) is -0.525. The predicted octanol–water partition coefficient (Wildman–Crippen LogP) is 1.79. The molecular formula is C22H28N2O8. The molecule has 0 aliphatic rings. The fraction of sp³-hybridized carbons (Fsp3) is 0.318. The number of phenolic OH excluding ortho intramolecular Hbond substituents is 2. The molecular weight excluding hydrogens is 420 g/mol. The van der Waals surface area contributed by atoms with Gasteiger partial charge in [-0.15, -0.1) is 0 Å². The first-order chi connectivity index (χ1) is 15.3. The van der Waals surface area contributed by atoms with E-state index < -0.39 is 12.1 Å². The molecule has 2 aromatic rings. The summed E-state index contributed by atoms with van der Waals surface area (Å²) in [6.07, 6.45) is -0.635. The third kappa shape index (κ3) is 10.3. The van der Waals surface area contributed by atoms with Crippen molar-refractivity contribution >= 4 is 18.0 Å². The number of methoxy groups -OCH3 is 3. The number of esters is 2. The van der Waals surface area contributed by atoms with Gasteiger partial charge in [0.15, 0.2) is 0 Å². The lowest BCUT2D eigenvalue weighted by atomic mass is 10.2. The maximum atomic E-state index is 11.5. The third-order valence-electron chi connectivity index (χ3n) is 4.00. The van der Waals surface area contributed by atoms with E-state index in [1.54, 1.807) is 30.3 Å². The van der Waals surface area contributed by atoms with Gasteiger partial charge in [0.25, 0.3) is 0 Å². The van der Waals surface area contributed by atoms with Crippen LogP contribution in [0, 0.1) is 0 Å². The van der Waals surface area contributed by atoms with Crippen molar-refractivity contribution < 1.29 is 38.8 Å². The second-order valence-corrected chi connectivity index (χ2v) is 6.42. The first-order valence-corrected chi connectivity index (χ1v) is 9.52. The molecule has 0 saturated heterocycles. The molecule has 10 nitrogen and oxygen atoms in total. The monoisotopic (exact) mass is 448 g/mol. The Hall–Kier alpha value is -3.79. The van der Waals surface area contributed by atoms with Crippen LogP contribution in [0.3, 0.4) is 0 Å². The smallest absolute Gasteiger partial charge is 0.410 e. The Labute approximate surface area is 186 Å². The standard InChI is InChI=1S/C12H15NO5.C10H13NO3/c1-17-11(15)8-13(12(16)18-2)7-9-4-3-5-10(14)6-9;1-14-10(13)7-11-6-8-3-2-4-9(12)5-8/h3-6,14H,7-8H2,1-2H3;2-5,11-12H,6-7H2,1H3. The SMILES string of the molecule is COC(=O)CN(Cc1cccc(O)c1)C(=O)OC.COC(=O)CNCc1cccc(O)c1. The quantitative estimate of drug-likeness (QED) is 0.408. The third-order valence-corrected chi connectivity index (χ3v) is 4.00. The molecule has 0 spiro atoms. The molecule has 0 aliphatic carbocycles. The molecule has 174 valence electrons. The number of ether oxygens (including phenoxy) is 3. The highest BCUT2D eigenvalue weighted by molar-refractivity contribution is 5.77. The van der Waals surface area contributed by atoms with Crippen molar-refractivity contribution in [2.75, 3.05) is 34.4 Å². The maximum absolute atomic E-state index is 11.5. The molecule has 0 fully saturated rings. The molecule has 0 heterocycles. The normalized spacial score (nSPS) is 9.72. The molecule has 3 N–H and O–H groups in total. The highest BCUT2D eigenvalue weighted by Gasteiger charge is 2.18. The summed E-state index contributed by atoms with van der Waals surface area (Å²) >= 11 is 0. The molecule has 0 aromatic heterocycles. The van der Waals surface area contributed by atoms with E-state index in [-0.39, 0.29) is 37.1 Å². The number of nitrogens with zero attached hydrogens (tertiary/aromatic N) is 1. The van der Waals surface area contributed by atoms with Crippen LogP contribution in [0.2, 0.25) is 0 Å². The molecule has 0 bridgehead atoms. The number of phenols is 2. The van der Waals surface area contributed by atoms with Crippen molar-refractivity contribution in [2.24, 2.45) is 0 Å². The number of benzene rings is 2. The molecule has 2 aromatic carbocycles. The van der Waals surface area contributed by atoms with Crippen molar-refractivity contribution in [1.82, 2.24) is 10.2 Å². The van der Waals surface area contributed by atoms with Gasteiger partial charge in [-0.1, -0.05) is 24.3 Å². The first-order valence-electron chi connectivity index (χ1n) is 9.52. The van der Waals surface area contributed by atoms with E-state index in [1.807, 2.05) is 6.07 Å². The van der Waals surface area contributed by atoms with Crippen molar-refractivity contribution in [2.45, 2.75) is 13.1 Å². The van der Waals surface area contributed by atoms with Crippen LogP contribution in [0.4, 0.5) is 4.79 Å². The van der Waals surface area contributed by atoms with Crippen LogP contribution < -0.4 is 5.32 Å². The second kappa shape index (κ2) is 14.3. The van der Waals surface area contributed by atoms with Crippen LogP contribution in [0.1, 0.15) is 11.1 Å². The Morgan fingerprint density at radius 2 is 1.41 bits per heavy atom. The molecule has 0 unspecified atom stereocenters. The van der Waals surface area contributed by atoms with Crippen LogP contribution in [-0.2, 0) is 36.9 Å². The zero-order chi connectivity index (χ0) is 23.9. The minimum atomic E-state index is -0.635. The van der Waals surface area contributed by atoms with Crippen LogP contribution in [0.15, 0.2) is 48.5 Å². The molecule has 2 rings (SSSR count). The number of rotatable bonds is 8. The van der Waals surface area contributed by atoms with Gasteiger partial charge in [-0.2, -0.15) is 0 Å². The number of nitrogens with one attached hydrogen (secondary N) is 1. The largest absolute Gasteiger partial charge is 0.508 e. The van der Waals surface area contributed by atoms with E-state index in [2.05, 4.69) is 19.5 Å². The number of carbonyl (C=O) groups excluding carboxylic acids is 3. The number of carbonyl (C=O) groups is 3. The van der Waals surface area contributed by atoms with Gasteiger partial charge in [-0.25, -0.2) is 4.79 Å². The minimum absolute atomic E-state index is 0.0929. The lowest BCUT2D eigenvalue weighted by molar-refractivity contribution is -0.141. The summed E-state index contributed by atoms with van der Waals surface area (Å²) in [6, 6.07) is 13.3. The minimum Gasteiger partial charge on any atom is -0.508 e. The average Bonchev–Trinajstić information content (AvgIpc) is 2.78. The number of hydrogen-bond acceptors (Lipinski definition) is 9. The average molecular weight is 448 g/mol. The van der Waals surface area contributed by atoms with Crippen molar-refractivity contribution in [3.8, 4) is 11.5 Å². The summed E-state index contributed by atoms with van der Waals surface area (Å²) in [6.45, 7) is 0.644. The molecule has 0 atom stereocenters. The summed E-state index contributed by atoms with van der Waals surface area (Å²) in [7, 11) is 3.82. The van der Waals surface area contributed by atoms with Gasteiger partial charge in [0, 0.05) is 13.1 Å². The first kappa shape index (κ1) is 26.2. The van der Waals surface area contributed by atoms with Crippen LogP contribution in [0.5, 0.6) is 11.5 Å². The number of amides is 1. The highest BCUT2D eigenvalue weighted by atomic mass is 16.5. The summed E-state index contributed by atoms with van der Waals surface area (Å²) in [4.78, 5) is 34.6. The van der Waals surface area contributed by atoms with Crippen molar-refractivity contribution in [3.63, 3.8) is 0 Å². The zero-order valence-electron chi connectivity index (χ0n) is 18.2. The lowest BCUT2D eigenvalue weighted by Gasteiger charge is -2.19. The van der Waals surface area contributed by atoms with Crippen molar-refractivity contribution in [1.29, 1.82) is 0 Å². The topological polar surface area (TPSA) is 135 Å². The van der Waals surface area contributed by atoms with E-state index in [9.17, 15) is 19.5 Å². The van der Waals surface area contributed by atoms with Gasteiger partial charge in [0.1, 0.15) is 18.0 Å². The number of hydrogen-bond donors (Lipinski definition) is 3. The molecule has 0 aliphatic heterocycles. The van der Waals surface area contributed by atoms with Crippen molar-refractivity contribution in [3.05, 3.63) is 59.7 Å². The Balaban J connectivity index is 0.000000330. The molecule has 0 radical (unpaired) electrons. The van der Waals surface area contributed by atoms with E-state index in [0.717, 1.165) is 5.56 Å². The Morgan fingerprint density at radius 1 is 0.844 bits per heavy atom. The van der Waals surface area contributed by atoms with E-state index in [1.165, 1.54) is 38.4 Å². The van der Waals surface area contributed by atoms with Gasteiger partial charge in [-0.05, 0) is 35.4 Å². The van der Waals surface area contributed by atoms with Crippen LogP contribution >= 0.6 is 0 Å². The molecule has 1 amide bonds. The zero-order valence-corrected chi connectivity index (χ0v) is 18.2. The van der Waals surface area contributed by atoms with Gasteiger partial charge < -0.3 is 29.7 Å². The maximum Gasteiger partial charge on any atom is 0.410 e. The van der Waals surface area contributed by atoms with Crippen LogP contribution in [0.25, 0.3) is 0 Å². The molecule has 10 heteroatoms. The fourth-order valence-corrected chi connectivity index (χ4v) is 2.46. The van der Waals surface area contributed by atoms with Gasteiger partial charge in [0.05, 0.1) is 27.9 Å².